The van der Waals surface area contributed by atoms with Gasteiger partial charge in [0.05, 0.1) is 10.6 Å². The molecule has 0 aromatic carbocycles. The van der Waals surface area contributed by atoms with Crippen LogP contribution in [0.25, 0.3) is 10.6 Å². The average molecular weight is 307 g/mol. The van der Waals surface area contributed by atoms with Gasteiger partial charge in [-0.2, -0.15) is 5.10 Å². The van der Waals surface area contributed by atoms with Crippen LogP contribution in [0.3, 0.4) is 0 Å². The minimum Gasteiger partial charge on any atom is -0.396 e. The molecule has 0 saturated heterocycles. The smallest absolute Gasteiger partial charge is 0.271 e. The lowest BCUT2D eigenvalue weighted by Gasteiger charge is -2.14. The highest BCUT2D eigenvalue weighted by Crippen LogP contribution is 2.22. The minimum absolute atomic E-state index is 0.158. The Bertz CT molecular complexity index is 545. The van der Waals surface area contributed by atoms with E-state index in [1.54, 1.807) is 17.4 Å². The molecule has 2 rings (SSSR count). The van der Waals surface area contributed by atoms with Gasteiger partial charge < -0.3 is 10.4 Å². The molecule has 0 radical (unpaired) electrons. The van der Waals surface area contributed by atoms with Gasteiger partial charge in [0.1, 0.15) is 0 Å². The van der Waals surface area contributed by atoms with Gasteiger partial charge in [0.2, 0.25) is 0 Å². The second-order valence-corrected chi connectivity index (χ2v) is 5.97. The number of nitrogens with zero attached hydrogens (tertiary/aromatic N) is 1. The normalized spacial score (nSPS) is 12.3. The minimum atomic E-state index is -0.173. The Morgan fingerprint density at radius 2 is 2.38 bits per heavy atom. The zero-order valence-electron chi connectivity index (χ0n) is 12.1. The summed E-state index contributed by atoms with van der Waals surface area (Å²) in [6.45, 7) is 2.84. The van der Waals surface area contributed by atoms with Crippen molar-refractivity contribution in [1.29, 1.82) is 0 Å². The Hall–Kier alpha value is -1.66. The number of aromatic amines is 1. The fourth-order valence-electron chi connectivity index (χ4n) is 2.26. The molecule has 3 N–H and O–H groups in total. The van der Waals surface area contributed by atoms with E-state index in [9.17, 15) is 4.79 Å². The quantitative estimate of drug-likeness (QED) is 0.701. The maximum atomic E-state index is 12.1. The van der Waals surface area contributed by atoms with Crippen molar-refractivity contribution in [1.82, 2.24) is 15.5 Å². The molecule has 0 aliphatic rings. The van der Waals surface area contributed by atoms with E-state index in [0.717, 1.165) is 29.8 Å². The third kappa shape index (κ3) is 4.41. The molecule has 0 aliphatic heterocycles. The lowest BCUT2D eigenvalue weighted by Crippen LogP contribution is -2.30. The number of aliphatic hydroxyl groups excluding tert-OH is 1. The van der Waals surface area contributed by atoms with Gasteiger partial charge in [-0.3, -0.25) is 9.89 Å². The third-order valence-electron chi connectivity index (χ3n) is 3.38. The summed E-state index contributed by atoms with van der Waals surface area (Å²) in [6, 6.07) is 5.71. The number of H-pyrrole nitrogens is 1. The molecule has 21 heavy (non-hydrogen) atoms. The van der Waals surface area contributed by atoms with E-state index in [4.69, 9.17) is 5.11 Å². The number of rotatable bonds is 8. The Morgan fingerprint density at radius 1 is 1.52 bits per heavy atom. The Labute approximate surface area is 128 Å². The van der Waals surface area contributed by atoms with Crippen molar-refractivity contribution in [2.45, 2.75) is 26.2 Å². The van der Waals surface area contributed by atoms with E-state index in [1.165, 1.54) is 0 Å². The fraction of sp³-hybridized carbons (Fsp3) is 0.467. The van der Waals surface area contributed by atoms with Gasteiger partial charge in [-0.1, -0.05) is 19.4 Å². The summed E-state index contributed by atoms with van der Waals surface area (Å²) >= 11 is 1.60. The number of hydrogen-bond donors (Lipinski definition) is 3. The van der Waals surface area contributed by atoms with Gasteiger partial charge in [-0.25, -0.2) is 0 Å². The third-order valence-corrected chi connectivity index (χ3v) is 4.29. The van der Waals surface area contributed by atoms with Crippen molar-refractivity contribution in [3.05, 3.63) is 29.3 Å². The highest BCUT2D eigenvalue weighted by molar-refractivity contribution is 7.13. The Morgan fingerprint density at radius 3 is 3.05 bits per heavy atom. The fourth-order valence-corrected chi connectivity index (χ4v) is 2.96. The molecule has 2 aromatic rings. The maximum absolute atomic E-state index is 12.1. The summed E-state index contributed by atoms with van der Waals surface area (Å²) < 4.78 is 0. The maximum Gasteiger partial charge on any atom is 0.271 e. The largest absolute Gasteiger partial charge is 0.396 e. The van der Waals surface area contributed by atoms with Crippen molar-refractivity contribution in [2.75, 3.05) is 13.2 Å². The van der Waals surface area contributed by atoms with Crippen LogP contribution in [0.1, 0.15) is 36.7 Å². The molecule has 2 aromatic heterocycles. The first-order chi connectivity index (χ1) is 10.2. The summed E-state index contributed by atoms with van der Waals surface area (Å²) in [7, 11) is 0. The van der Waals surface area contributed by atoms with Crippen molar-refractivity contribution < 1.29 is 9.90 Å². The van der Waals surface area contributed by atoms with Crippen molar-refractivity contribution in [2.24, 2.45) is 5.92 Å². The first-order valence-corrected chi connectivity index (χ1v) is 8.11. The Kier molecular flexibility index (Phi) is 5.95. The molecule has 2 heterocycles. The Balaban J connectivity index is 1.91. The van der Waals surface area contributed by atoms with Crippen LogP contribution in [0.5, 0.6) is 0 Å². The zero-order chi connectivity index (χ0) is 15.1. The lowest BCUT2D eigenvalue weighted by molar-refractivity contribution is 0.0938. The van der Waals surface area contributed by atoms with Crippen LogP contribution in [0.15, 0.2) is 23.6 Å². The van der Waals surface area contributed by atoms with E-state index < -0.39 is 0 Å². The average Bonchev–Trinajstić information content (AvgIpc) is 3.15. The second kappa shape index (κ2) is 7.95. The van der Waals surface area contributed by atoms with Crippen LogP contribution in [0, 0.1) is 5.92 Å². The van der Waals surface area contributed by atoms with Gasteiger partial charge in [-0.05, 0) is 36.3 Å². The molecule has 1 amide bonds. The van der Waals surface area contributed by atoms with Crippen LogP contribution in [0.4, 0.5) is 0 Å². The number of amides is 1. The molecular weight excluding hydrogens is 286 g/mol. The van der Waals surface area contributed by atoms with Crippen molar-refractivity contribution >= 4 is 17.2 Å². The highest BCUT2D eigenvalue weighted by Gasteiger charge is 2.14. The number of nitrogens with one attached hydrogen (secondary N) is 2. The van der Waals surface area contributed by atoms with E-state index >= 15 is 0 Å². The molecule has 6 heteroatoms. The van der Waals surface area contributed by atoms with E-state index in [2.05, 4.69) is 22.4 Å². The van der Waals surface area contributed by atoms with Crippen LogP contribution >= 0.6 is 11.3 Å². The van der Waals surface area contributed by atoms with Crippen LogP contribution in [0.2, 0.25) is 0 Å². The molecule has 1 unspecified atom stereocenters. The summed E-state index contributed by atoms with van der Waals surface area (Å²) in [5, 5.41) is 20.9. The van der Waals surface area contributed by atoms with Gasteiger partial charge in [0.15, 0.2) is 5.69 Å². The van der Waals surface area contributed by atoms with Crippen molar-refractivity contribution in [3.63, 3.8) is 0 Å². The van der Waals surface area contributed by atoms with Gasteiger partial charge >= 0.3 is 0 Å². The molecule has 0 saturated carbocycles. The van der Waals surface area contributed by atoms with E-state index in [0.29, 0.717) is 18.2 Å². The topological polar surface area (TPSA) is 78.0 Å². The van der Waals surface area contributed by atoms with E-state index in [-0.39, 0.29) is 12.5 Å². The lowest BCUT2D eigenvalue weighted by atomic mass is 10.0. The molecule has 0 fully saturated rings. The summed E-state index contributed by atoms with van der Waals surface area (Å²) in [5.74, 6) is 0.146. The SMILES string of the molecule is CCCC(CCO)CNC(=O)c1cc(-c2cccs2)[nH]n1. The highest BCUT2D eigenvalue weighted by atomic mass is 32.1. The molecule has 5 nitrogen and oxygen atoms in total. The predicted octanol–water partition coefficient (Wildman–Crippen LogP) is 2.67. The molecule has 0 spiro atoms. The van der Waals surface area contributed by atoms with Gasteiger partial charge in [-0.15, -0.1) is 11.3 Å². The number of carbonyl (C=O) groups is 1. The van der Waals surface area contributed by atoms with E-state index in [1.807, 2.05) is 17.5 Å². The number of carbonyl (C=O) groups excluding carboxylic acids is 1. The van der Waals surface area contributed by atoms with Crippen molar-refractivity contribution in [3.8, 4) is 10.6 Å². The number of hydrogen-bond acceptors (Lipinski definition) is 4. The van der Waals surface area contributed by atoms with Crippen LogP contribution in [-0.4, -0.2) is 34.4 Å². The summed E-state index contributed by atoms with van der Waals surface area (Å²) in [6.07, 6.45) is 2.77. The van der Waals surface area contributed by atoms with Gasteiger partial charge in [0.25, 0.3) is 5.91 Å². The molecular formula is C15H21N3O2S. The summed E-state index contributed by atoms with van der Waals surface area (Å²) in [5.41, 5.74) is 1.26. The predicted molar refractivity (Wildman–Crippen MR) is 84.3 cm³/mol. The first kappa shape index (κ1) is 15.7. The first-order valence-electron chi connectivity index (χ1n) is 7.23. The number of thiophene rings is 1. The molecule has 0 aliphatic carbocycles. The molecule has 0 bridgehead atoms. The number of aromatic nitrogens is 2. The molecule has 1 atom stereocenters. The monoisotopic (exact) mass is 307 g/mol. The van der Waals surface area contributed by atoms with Gasteiger partial charge in [0, 0.05) is 13.2 Å². The standard InChI is InChI=1S/C15H21N3O2S/c1-2-4-11(6-7-19)10-16-15(20)13-9-12(17-18-13)14-5-3-8-21-14/h3,5,8-9,11,19H,2,4,6-7,10H2,1H3,(H,16,20)(H,17,18). The zero-order valence-corrected chi connectivity index (χ0v) is 12.9. The van der Waals surface area contributed by atoms with Crippen LogP contribution in [-0.2, 0) is 0 Å². The summed E-state index contributed by atoms with van der Waals surface area (Å²) in [4.78, 5) is 13.1. The molecule has 114 valence electrons. The number of aliphatic hydroxyl groups is 1. The second-order valence-electron chi connectivity index (χ2n) is 5.02. The van der Waals surface area contributed by atoms with Crippen LogP contribution < -0.4 is 5.32 Å².